The molecule has 0 aliphatic carbocycles. The van der Waals surface area contributed by atoms with Crippen LogP contribution in [0, 0.1) is 11.8 Å². The van der Waals surface area contributed by atoms with E-state index in [9.17, 15) is 0 Å². The summed E-state index contributed by atoms with van der Waals surface area (Å²) in [5, 5.41) is 1.78. The van der Waals surface area contributed by atoms with E-state index in [-0.39, 0.29) is 6.04 Å². The summed E-state index contributed by atoms with van der Waals surface area (Å²) in [4.78, 5) is 0. The Bertz CT molecular complexity index is 205. The van der Waals surface area contributed by atoms with Crippen LogP contribution in [0.15, 0.2) is 11.4 Å². The van der Waals surface area contributed by atoms with Gasteiger partial charge in [0.1, 0.15) is 0 Å². The summed E-state index contributed by atoms with van der Waals surface area (Å²) in [6, 6.07) is 0.282. The Balaban J connectivity index is 5.04. The van der Waals surface area contributed by atoms with Crippen LogP contribution in [0.1, 0.15) is 41.5 Å². The molecule has 0 aromatic rings. The van der Waals surface area contributed by atoms with Crippen molar-refractivity contribution in [2.45, 2.75) is 47.6 Å². The maximum Gasteiger partial charge on any atom is 0.0509 e. The van der Waals surface area contributed by atoms with Crippen molar-refractivity contribution >= 4 is 0 Å². The van der Waals surface area contributed by atoms with Crippen LogP contribution < -0.4 is 11.6 Å². The minimum Gasteiger partial charge on any atom is -0.400 e. The standard InChI is InChI=1S/C11H25N3/c1-7(2)10(12)11(8(3)4)14(13)9(5)6/h7-9H,12-13H2,1-6H3/b11-10-. The fourth-order valence-electron chi connectivity index (χ4n) is 1.35. The molecule has 0 spiro atoms. The molecule has 84 valence electrons. The number of allylic oxidation sites excluding steroid dienone is 2. The largest absolute Gasteiger partial charge is 0.400 e. The van der Waals surface area contributed by atoms with Crippen LogP contribution in [0.4, 0.5) is 0 Å². The molecular formula is C11H25N3. The molecule has 0 unspecified atom stereocenters. The Hall–Kier alpha value is -0.700. The molecule has 0 bridgehead atoms. The summed E-state index contributed by atoms with van der Waals surface area (Å²) < 4.78 is 0. The van der Waals surface area contributed by atoms with Crippen LogP contribution >= 0.6 is 0 Å². The van der Waals surface area contributed by atoms with E-state index in [1.807, 2.05) is 0 Å². The first-order valence-electron chi connectivity index (χ1n) is 5.32. The number of hydrazine groups is 1. The van der Waals surface area contributed by atoms with E-state index in [4.69, 9.17) is 11.6 Å². The van der Waals surface area contributed by atoms with Gasteiger partial charge in [0, 0.05) is 11.7 Å². The molecule has 0 atom stereocenters. The molecule has 0 saturated carbocycles. The second kappa shape index (κ2) is 5.25. The summed E-state index contributed by atoms with van der Waals surface area (Å²) in [5.74, 6) is 6.71. The molecule has 0 fully saturated rings. The van der Waals surface area contributed by atoms with Gasteiger partial charge in [-0.15, -0.1) is 0 Å². The SMILES string of the molecule is CC(C)/C(N)=C(\C(C)C)N(N)C(C)C. The third-order valence-corrected chi connectivity index (χ3v) is 2.30. The molecule has 0 aromatic carbocycles. The van der Waals surface area contributed by atoms with Gasteiger partial charge in [0.25, 0.3) is 0 Å². The van der Waals surface area contributed by atoms with E-state index in [2.05, 4.69) is 41.5 Å². The predicted molar refractivity (Wildman–Crippen MR) is 62.1 cm³/mol. The Morgan fingerprint density at radius 1 is 0.929 bits per heavy atom. The van der Waals surface area contributed by atoms with E-state index in [0.717, 1.165) is 11.4 Å². The van der Waals surface area contributed by atoms with Crippen molar-refractivity contribution in [1.29, 1.82) is 0 Å². The van der Waals surface area contributed by atoms with E-state index >= 15 is 0 Å². The smallest absolute Gasteiger partial charge is 0.0509 e. The normalized spacial score (nSPS) is 13.9. The zero-order chi connectivity index (χ0) is 11.5. The van der Waals surface area contributed by atoms with Crippen LogP contribution in [0.2, 0.25) is 0 Å². The average Bonchev–Trinajstić information content (AvgIpc) is 2.03. The second-order valence-corrected chi connectivity index (χ2v) is 4.65. The van der Waals surface area contributed by atoms with E-state index < -0.39 is 0 Å². The lowest BCUT2D eigenvalue weighted by Gasteiger charge is -2.31. The van der Waals surface area contributed by atoms with Crippen LogP contribution in [0.5, 0.6) is 0 Å². The second-order valence-electron chi connectivity index (χ2n) is 4.65. The molecule has 0 amide bonds. The van der Waals surface area contributed by atoms with Crippen molar-refractivity contribution in [1.82, 2.24) is 5.01 Å². The van der Waals surface area contributed by atoms with E-state index in [1.54, 1.807) is 5.01 Å². The van der Waals surface area contributed by atoms with Gasteiger partial charge >= 0.3 is 0 Å². The average molecular weight is 199 g/mol. The fraction of sp³-hybridized carbons (Fsp3) is 0.818. The summed E-state index contributed by atoms with van der Waals surface area (Å²) in [5.41, 5.74) is 8.02. The topological polar surface area (TPSA) is 55.3 Å². The Morgan fingerprint density at radius 3 is 1.57 bits per heavy atom. The first kappa shape index (κ1) is 13.3. The summed E-state index contributed by atoms with van der Waals surface area (Å²) in [6.45, 7) is 12.5. The summed E-state index contributed by atoms with van der Waals surface area (Å²) in [7, 11) is 0. The Labute approximate surface area is 88.1 Å². The molecular weight excluding hydrogens is 174 g/mol. The number of hydrogen-bond acceptors (Lipinski definition) is 3. The van der Waals surface area contributed by atoms with Gasteiger partial charge in [-0.25, -0.2) is 5.84 Å². The van der Waals surface area contributed by atoms with Crippen molar-refractivity contribution in [2.75, 3.05) is 0 Å². The van der Waals surface area contributed by atoms with Crippen LogP contribution in [0.25, 0.3) is 0 Å². The molecule has 0 aliphatic rings. The molecule has 3 heteroatoms. The highest BCUT2D eigenvalue weighted by atomic mass is 15.4. The zero-order valence-electron chi connectivity index (χ0n) is 10.3. The lowest BCUT2D eigenvalue weighted by molar-refractivity contribution is 0.259. The van der Waals surface area contributed by atoms with Gasteiger partial charge in [-0.2, -0.15) is 0 Å². The van der Waals surface area contributed by atoms with Gasteiger partial charge in [0.15, 0.2) is 0 Å². The first-order chi connectivity index (χ1) is 6.29. The minimum absolute atomic E-state index is 0.282. The van der Waals surface area contributed by atoms with Crippen molar-refractivity contribution in [3.8, 4) is 0 Å². The summed E-state index contributed by atoms with van der Waals surface area (Å²) in [6.07, 6.45) is 0. The Kier molecular flexibility index (Phi) is 4.99. The van der Waals surface area contributed by atoms with Gasteiger partial charge in [-0.1, -0.05) is 27.7 Å². The van der Waals surface area contributed by atoms with Gasteiger partial charge in [0.05, 0.1) is 5.70 Å². The van der Waals surface area contributed by atoms with Crippen molar-refractivity contribution in [3.63, 3.8) is 0 Å². The molecule has 0 aromatic heterocycles. The third kappa shape index (κ3) is 3.22. The highest BCUT2D eigenvalue weighted by Crippen LogP contribution is 2.20. The third-order valence-electron chi connectivity index (χ3n) is 2.30. The van der Waals surface area contributed by atoms with Gasteiger partial charge in [0.2, 0.25) is 0 Å². The van der Waals surface area contributed by atoms with E-state index in [1.165, 1.54) is 0 Å². The van der Waals surface area contributed by atoms with Gasteiger partial charge in [-0.3, -0.25) is 0 Å². The van der Waals surface area contributed by atoms with Crippen molar-refractivity contribution in [2.24, 2.45) is 23.4 Å². The lowest BCUT2D eigenvalue weighted by Crippen LogP contribution is -2.40. The highest BCUT2D eigenvalue weighted by Gasteiger charge is 2.17. The molecule has 4 N–H and O–H groups in total. The van der Waals surface area contributed by atoms with Crippen molar-refractivity contribution in [3.05, 3.63) is 11.4 Å². The maximum absolute atomic E-state index is 6.06. The molecule has 0 saturated heterocycles. The molecule has 0 rings (SSSR count). The highest BCUT2D eigenvalue weighted by molar-refractivity contribution is 5.13. The lowest BCUT2D eigenvalue weighted by atomic mass is 10.0. The molecule has 0 aliphatic heterocycles. The monoisotopic (exact) mass is 199 g/mol. The molecule has 14 heavy (non-hydrogen) atoms. The molecule has 3 nitrogen and oxygen atoms in total. The molecule has 0 heterocycles. The van der Waals surface area contributed by atoms with Crippen LogP contribution in [0.3, 0.4) is 0 Å². The number of rotatable bonds is 4. The first-order valence-corrected chi connectivity index (χ1v) is 5.32. The minimum atomic E-state index is 0.282. The van der Waals surface area contributed by atoms with Crippen molar-refractivity contribution < 1.29 is 0 Å². The van der Waals surface area contributed by atoms with Crippen LogP contribution in [-0.4, -0.2) is 11.1 Å². The predicted octanol–water partition coefficient (Wildman–Crippen LogP) is 2.05. The zero-order valence-corrected chi connectivity index (χ0v) is 10.3. The van der Waals surface area contributed by atoms with Gasteiger partial charge < -0.3 is 10.7 Å². The quantitative estimate of drug-likeness (QED) is 0.538. The van der Waals surface area contributed by atoms with Gasteiger partial charge in [-0.05, 0) is 25.7 Å². The fourth-order valence-corrected chi connectivity index (χ4v) is 1.35. The number of hydrogen-bond donors (Lipinski definition) is 2. The Morgan fingerprint density at radius 2 is 1.36 bits per heavy atom. The van der Waals surface area contributed by atoms with Crippen LogP contribution in [-0.2, 0) is 0 Å². The number of nitrogens with zero attached hydrogens (tertiary/aromatic N) is 1. The molecule has 0 radical (unpaired) electrons. The van der Waals surface area contributed by atoms with E-state index in [0.29, 0.717) is 11.8 Å². The number of nitrogens with two attached hydrogens (primary N) is 2. The summed E-state index contributed by atoms with van der Waals surface area (Å²) >= 11 is 0. The maximum atomic E-state index is 6.06.